The van der Waals surface area contributed by atoms with Crippen LogP contribution in [0.25, 0.3) is 33.3 Å². The molecule has 0 spiro atoms. The summed E-state index contributed by atoms with van der Waals surface area (Å²) >= 11 is 0. The van der Waals surface area contributed by atoms with E-state index in [9.17, 15) is 4.39 Å². The fourth-order valence-electron chi connectivity index (χ4n) is 2.58. The molecule has 4 rings (SSSR count). The van der Waals surface area contributed by atoms with Gasteiger partial charge in [0.1, 0.15) is 5.82 Å². The monoisotopic (exact) mass is 304 g/mol. The van der Waals surface area contributed by atoms with Gasteiger partial charge in [-0.2, -0.15) is 4.39 Å². The highest BCUT2D eigenvalue weighted by molar-refractivity contribution is 5.85. The van der Waals surface area contributed by atoms with Gasteiger partial charge in [-0.25, -0.2) is 9.97 Å². The fraction of sp³-hybridized carbons (Fsp3) is 0. The first-order valence-corrected chi connectivity index (χ1v) is 7.16. The first kappa shape index (κ1) is 13.5. The zero-order chi connectivity index (χ0) is 15.8. The molecule has 0 radical (unpaired) electrons. The van der Waals surface area contributed by atoms with Crippen LogP contribution < -0.4 is 5.73 Å². The molecule has 23 heavy (non-hydrogen) atoms. The van der Waals surface area contributed by atoms with Gasteiger partial charge in [-0.15, -0.1) is 0 Å². The number of nitrogens with two attached hydrogens (primary N) is 1. The molecule has 0 unspecified atom stereocenters. The number of nitrogen functional groups attached to an aromatic ring is 1. The van der Waals surface area contributed by atoms with Crippen molar-refractivity contribution in [3.63, 3.8) is 0 Å². The van der Waals surface area contributed by atoms with Crippen molar-refractivity contribution < 1.29 is 4.39 Å². The minimum atomic E-state index is -0.478. The van der Waals surface area contributed by atoms with Gasteiger partial charge in [0.25, 0.3) is 0 Å². The third-order valence-corrected chi connectivity index (χ3v) is 3.79. The van der Waals surface area contributed by atoms with Crippen molar-refractivity contribution in [2.75, 3.05) is 5.73 Å². The van der Waals surface area contributed by atoms with Crippen LogP contribution in [-0.2, 0) is 0 Å². The van der Waals surface area contributed by atoms with Gasteiger partial charge in [0.2, 0.25) is 5.95 Å². The number of hydrogen-bond acceptors (Lipinski definition) is 3. The number of nitrogens with zero attached hydrogens (tertiary/aromatic N) is 2. The van der Waals surface area contributed by atoms with Gasteiger partial charge in [-0.1, -0.05) is 24.3 Å². The number of H-pyrrole nitrogens is 1. The van der Waals surface area contributed by atoms with Gasteiger partial charge in [0, 0.05) is 28.9 Å². The van der Waals surface area contributed by atoms with Gasteiger partial charge in [-0.05, 0) is 29.3 Å². The van der Waals surface area contributed by atoms with Crippen molar-refractivity contribution in [1.82, 2.24) is 15.0 Å². The molecule has 0 amide bonds. The molecule has 0 saturated carbocycles. The molecule has 0 aliphatic carbocycles. The number of hydrogen-bond donors (Lipinski definition) is 2. The minimum absolute atomic E-state index is 0.478. The van der Waals surface area contributed by atoms with Crippen molar-refractivity contribution in [3.8, 4) is 22.4 Å². The molecule has 0 saturated heterocycles. The molecule has 1 aromatic carbocycles. The maximum atomic E-state index is 13.2. The van der Waals surface area contributed by atoms with E-state index >= 15 is 0 Å². The molecular weight excluding hydrogens is 291 g/mol. The maximum Gasteiger partial charge on any atom is 0.213 e. The molecule has 3 aromatic heterocycles. The number of anilines is 1. The van der Waals surface area contributed by atoms with E-state index in [2.05, 4.69) is 15.0 Å². The van der Waals surface area contributed by atoms with Crippen molar-refractivity contribution >= 4 is 16.7 Å². The fourth-order valence-corrected chi connectivity index (χ4v) is 2.58. The number of nitrogens with one attached hydrogen (secondary N) is 1. The van der Waals surface area contributed by atoms with Crippen molar-refractivity contribution in [2.45, 2.75) is 0 Å². The second kappa shape index (κ2) is 5.21. The zero-order valence-corrected chi connectivity index (χ0v) is 12.1. The molecule has 0 fully saturated rings. The lowest BCUT2D eigenvalue weighted by atomic mass is 10.0. The van der Waals surface area contributed by atoms with Gasteiger partial charge >= 0.3 is 0 Å². The molecule has 0 aliphatic heterocycles. The number of aromatic nitrogens is 3. The summed E-state index contributed by atoms with van der Waals surface area (Å²) in [6.07, 6.45) is 3.25. The Morgan fingerprint density at radius 3 is 2.30 bits per heavy atom. The molecule has 0 atom stereocenters. The van der Waals surface area contributed by atoms with Crippen molar-refractivity contribution in [1.29, 1.82) is 0 Å². The number of benzene rings is 1. The molecule has 0 aliphatic rings. The second-order valence-corrected chi connectivity index (χ2v) is 5.33. The summed E-state index contributed by atoms with van der Waals surface area (Å²) in [7, 11) is 0. The summed E-state index contributed by atoms with van der Waals surface area (Å²) in [5, 5.41) is 0.805. The Kier molecular flexibility index (Phi) is 3.05. The lowest BCUT2D eigenvalue weighted by Gasteiger charge is -2.03. The van der Waals surface area contributed by atoms with Crippen LogP contribution >= 0.6 is 0 Å². The number of rotatable bonds is 2. The van der Waals surface area contributed by atoms with E-state index in [1.807, 2.05) is 36.4 Å². The van der Waals surface area contributed by atoms with Crippen LogP contribution in [0, 0.1) is 5.95 Å². The third kappa shape index (κ3) is 2.53. The maximum absolute atomic E-state index is 13.2. The topological polar surface area (TPSA) is 67.6 Å². The van der Waals surface area contributed by atoms with E-state index in [-0.39, 0.29) is 0 Å². The number of halogens is 1. The Bertz CT molecular complexity index is 972. The SMILES string of the molecule is Nc1ccc(-c2ccc(-c3cc4cc(F)ncc4[nH]3)cc2)cn1. The van der Waals surface area contributed by atoms with E-state index in [1.54, 1.807) is 12.3 Å². The van der Waals surface area contributed by atoms with Gasteiger partial charge < -0.3 is 10.7 Å². The number of aromatic amines is 1. The van der Waals surface area contributed by atoms with Crippen LogP contribution in [0.5, 0.6) is 0 Å². The summed E-state index contributed by atoms with van der Waals surface area (Å²) in [6, 6.07) is 15.1. The highest BCUT2D eigenvalue weighted by atomic mass is 19.1. The quantitative estimate of drug-likeness (QED) is 0.550. The normalized spacial score (nSPS) is 11.0. The van der Waals surface area contributed by atoms with E-state index in [0.717, 1.165) is 33.3 Å². The molecule has 5 heteroatoms. The first-order chi connectivity index (χ1) is 11.2. The van der Waals surface area contributed by atoms with Crippen LogP contribution in [0.3, 0.4) is 0 Å². The molecule has 3 N–H and O–H groups in total. The van der Waals surface area contributed by atoms with E-state index in [1.165, 1.54) is 12.3 Å². The van der Waals surface area contributed by atoms with E-state index in [0.29, 0.717) is 5.82 Å². The van der Waals surface area contributed by atoms with Crippen LogP contribution in [-0.4, -0.2) is 15.0 Å². The summed E-state index contributed by atoms with van der Waals surface area (Å²) in [6.45, 7) is 0. The van der Waals surface area contributed by atoms with Crippen molar-refractivity contribution in [3.05, 3.63) is 66.9 Å². The van der Waals surface area contributed by atoms with Crippen LogP contribution in [0.1, 0.15) is 0 Å². The van der Waals surface area contributed by atoms with E-state index in [4.69, 9.17) is 5.73 Å². The summed E-state index contributed by atoms with van der Waals surface area (Å²) in [5.74, 6) is 0.0264. The summed E-state index contributed by atoms with van der Waals surface area (Å²) in [4.78, 5) is 11.0. The smallest absolute Gasteiger partial charge is 0.213 e. The Hall–Kier alpha value is -3.21. The molecule has 3 heterocycles. The molecule has 0 bridgehead atoms. The second-order valence-electron chi connectivity index (χ2n) is 5.33. The number of fused-ring (bicyclic) bond motifs is 1. The van der Waals surface area contributed by atoms with Crippen LogP contribution in [0.15, 0.2) is 60.9 Å². The Morgan fingerprint density at radius 1 is 0.826 bits per heavy atom. The Morgan fingerprint density at radius 2 is 1.57 bits per heavy atom. The minimum Gasteiger partial charge on any atom is -0.384 e. The highest BCUT2D eigenvalue weighted by Crippen LogP contribution is 2.27. The molecular formula is C18H13FN4. The van der Waals surface area contributed by atoms with Crippen LogP contribution in [0.2, 0.25) is 0 Å². The Labute approximate surface area is 131 Å². The average molecular weight is 304 g/mol. The molecule has 4 aromatic rings. The lowest BCUT2D eigenvalue weighted by molar-refractivity contribution is 0.586. The van der Waals surface area contributed by atoms with Gasteiger partial charge in [-0.3, -0.25) is 0 Å². The molecule has 112 valence electrons. The van der Waals surface area contributed by atoms with Gasteiger partial charge in [0.05, 0.1) is 11.7 Å². The predicted octanol–water partition coefficient (Wildman–Crippen LogP) is 4.01. The standard InChI is InChI=1S/C18H13FN4/c19-17-8-14-7-15(23-16(14)10-21-17)12-3-1-11(2-4-12)13-5-6-18(20)22-9-13/h1-10,23H,(H2,20,22). The predicted molar refractivity (Wildman–Crippen MR) is 89.1 cm³/mol. The van der Waals surface area contributed by atoms with Crippen molar-refractivity contribution in [2.24, 2.45) is 0 Å². The average Bonchev–Trinajstić information content (AvgIpc) is 2.99. The molecule has 4 nitrogen and oxygen atoms in total. The largest absolute Gasteiger partial charge is 0.384 e. The lowest BCUT2D eigenvalue weighted by Crippen LogP contribution is -1.88. The van der Waals surface area contributed by atoms with E-state index < -0.39 is 5.95 Å². The van der Waals surface area contributed by atoms with Gasteiger partial charge in [0.15, 0.2) is 0 Å². The summed E-state index contributed by atoms with van der Waals surface area (Å²) in [5.41, 5.74) is 10.4. The third-order valence-electron chi connectivity index (χ3n) is 3.79. The highest BCUT2D eigenvalue weighted by Gasteiger charge is 2.06. The number of pyridine rings is 2. The summed E-state index contributed by atoms with van der Waals surface area (Å²) < 4.78 is 13.2. The Balaban J connectivity index is 1.70. The first-order valence-electron chi connectivity index (χ1n) is 7.16. The van der Waals surface area contributed by atoms with Crippen LogP contribution in [0.4, 0.5) is 10.2 Å². The zero-order valence-electron chi connectivity index (χ0n) is 12.1.